The van der Waals surface area contributed by atoms with Crippen LogP contribution in [0.2, 0.25) is 0 Å². The van der Waals surface area contributed by atoms with Crippen molar-refractivity contribution >= 4 is 23.2 Å². The third kappa shape index (κ3) is 5.10. The second kappa shape index (κ2) is 9.18. The first-order valence-corrected chi connectivity index (χ1v) is 9.56. The normalized spacial score (nSPS) is 18.1. The number of nitro benzene ring substituents is 1. The number of amides is 2. The molecule has 8 heteroatoms. The average Bonchev–Trinajstić information content (AvgIpc) is 3.20. The van der Waals surface area contributed by atoms with Gasteiger partial charge in [0.25, 0.3) is 11.6 Å². The van der Waals surface area contributed by atoms with Crippen LogP contribution >= 0.6 is 0 Å². The predicted octanol–water partition coefficient (Wildman–Crippen LogP) is 2.85. The molecule has 0 saturated heterocycles. The van der Waals surface area contributed by atoms with E-state index in [4.69, 9.17) is 0 Å². The van der Waals surface area contributed by atoms with Gasteiger partial charge in [-0.2, -0.15) is 0 Å². The van der Waals surface area contributed by atoms with Crippen LogP contribution in [0.25, 0.3) is 0 Å². The molecule has 2 aromatic carbocycles. The Morgan fingerprint density at radius 2 is 1.90 bits per heavy atom. The molecule has 1 aliphatic carbocycles. The van der Waals surface area contributed by atoms with Crippen LogP contribution in [0.4, 0.5) is 11.4 Å². The Morgan fingerprint density at radius 1 is 1.14 bits per heavy atom. The van der Waals surface area contributed by atoms with Gasteiger partial charge in [0.15, 0.2) is 0 Å². The minimum Gasteiger partial charge on any atom is -0.377 e. The van der Waals surface area contributed by atoms with Gasteiger partial charge in [-0.25, -0.2) is 0 Å². The number of hydrogen-bond donors (Lipinski definition) is 3. The second-order valence-electron chi connectivity index (χ2n) is 7.12. The quantitative estimate of drug-likeness (QED) is 0.492. The summed E-state index contributed by atoms with van der Waals surface area (Å²) in [6.07, 6.45) is 2.06. The molecule has 0 spiro atoms. The number of rotatable bonds is 7. The molecule has 2 aromatic rings. The minimum absolute atomic E-state index is 0.0159. The van der Waals surface area contributed by atoms with Crippen molar-refractivity contribution in [2.75, 3.05) is 12.4 Å². The highest BCUT2D eigenvalue weighted by atomic mass is 16.6. The van der Waals surface area contributed by atoms with E-state index >= 15 is 0 Å². The topological polar surface area (TPSA) is 113 Å². The molecule has 0 unspecified atom stereocenters. The molecular formula is C21H24N4O4. The van der Waals surface area contributed by atoms with Crippen LogP contribution in [0, 0.1) is 16.0 Å². The van der Waals surface area contributed by atoms with Crippen molar-refractivity contribution in [2.45, 2.75) is 31.8 Å². The lowest BCUT2D eigenvalue weighted by molar-refractivity contribution is -0.384. The van der Waals surface area contributed by atoms with E-state index in [0.717, 1.165) is 18.4 Å². The summed E-state index contributed by atoms with van der Waals surface area (Å²) in [6.45, 7) is 0.371. The molecule has 2 amide bonds. The van der Waals surface area contributed by atoms with E-state index in [1.54, 1.807) is 7.05 Å². The SMILES string of the molecule is CNC(=O)[C@@H]1CC[C@@H](Nc2cc(C(=O)NCc3ccccc3)ccc2[N+](=O)[O-])C1. The van der Waals surface area contributed by atoms with Gasteiger partial charge in [0.2, 0.25) is 5.91 Å². The molecule has 3 N–H and O–H groups in total. The molecule has 0 aliphatic heterocycles. The van der Waals surface area contributed by atoms with Gasteiger partial charge < -0.3 is 16.0 Å². The fourth-order valence-electron chi connectivity index (χ4n) is 3.61. The average molecular weight is 396 g/mol. The molecule has 2 atom stereocenters. The summed E-state index contributed by atoms with van der Waals surface area (Å²) in [5, 5.41) is 20.0. The number of nitrogens with zero attached hydrogens (tertiary/aromatic N) is 1. The van der Waals surface area contributed by atoms with Crippen LogP contribution in [-0.4, -0.2) is 29.8 Å². The standard InChI is InChI=1S/C21H24N4O4/c1-22-20(26)15-7-9-17(11-15)24-18-12-16(8-10-19(18)25(28)29)21(27)23-13-14-5-3-2-4-6-14/h2-6,8,10,12,15,17,24H,7,9,11,13H2,1H3,(H,22,26)(H,23,27)/t15-,17-/m1/s1. The van der Waals surface area contributed by atoms with E-state index in [0.29, 0.717) is 24.2 Å². The first kappa shape index (κ1) is 20.3. The van der Waals surface area contributed by atoms with Gasteiger partial charge in [0.05, 0.1) is 4.92 Å². The number of carbonyl (C=O) groups excluding carboxylic acids is 2. The third-order valence-electron chi connectivity index (χ3n) is 5.16. The zero-order valence-corrected chi connectivity index (χ0v) is 16.2. The molecule has 152 valence electrons. The van der Waals surface area contributed by atoms with Gasteiger partial charge in [-0.05, 0) is 37.0 Å². The zero-order valence-electron chi connectivity index (χ0n) is 16.2. The summed E-state index contributed by atoms with van der Waals surface area (Å²) >= 11 is 0. The molecule has 8 nitrogen and oxygen atoms in total. The first-order valence-electron chi connectivity index (χ1n) is 9.56. The van der Waals surface area contributed by atoms with Crippen molar-refractivity contribution in [1.82, 2.24) is 10.6 Å². The highest BCUT2D eigenvalue weighted by molar-refractivity contribution is 5.96. The number of hydrogen-bond acceptors (Lipinski definition) is 5. The summed E-state index contributed by atoms with van der Waals surface area (Å²) < 4.78 is 0. The molecular weight excluding hydrogens is 372 g/mol. The van der Waals surface area contributed by atoms with Crippen molar-refractivity contribution in [3.63, 3.8) is 0 Å². The van der Waals surface area contributed by atoms with E-state index in [9.17, 15) is 19.7 Å². The lowest BCUT2D eigenvalue weighted by Gasteiger charge is -2.15. The van der Waals surface area contributed by atoms with Crippen molar-refractivity contribution in [3.8, 4) is 0 Å². The largest absolute Gasteiger partial charge is 0.377 e. The number of nitrogens with one attached hydrogen (secondary N) is 3. The Kier molecular flexibility index (Phi) is 6.43. The maximum absolute atomic E-state index is 12.5. The maximum atomic E-state index is 12.5. The predicted molar refractivity (Wildman–Crippen MR) is 110 cm³/mol. The fraction of sp³-hybridized carbons (Fsp3) is 0.333. The van der Waals surface area contributed by atoms with Crippen molar-refractivity contribution in [3.05, 3.63) is 69.8 Å². The number of nitro groups is 1. The van der Waals surface area contributed by atoms with Crippen LogP contribution < -0.4 is 16.0 Å². The zero-order chi connectivity index (χ0) is 20.8. The Hall–Kier alpha value is -3.42. The molecule has 1 saturated carbocycles. The van der Waals surface area contributed by atoms with E-state index in [2.05, 4.69) is 16.0 Å². The summed E-state index contributed by atoms with van der Waals surface area (Å²) in [6, 6.07) is 13.7. The fourth-order valence-corrected chi connectivity index (χ4v) is 3.61. The van der Waals surface area contributed by atoms with E-state index in [1.807, 2.05) is 30.3 Å². The molecule has 0 radical (unpaired) electrons. The third-order valence-corrected chi connectivity index (χ3v) is 5.16. The Balaban J connectivity index is 1.71. The maximum Gasteiger partial charge on any atom is 0.292 e. The summed E-state index contributed by atoms with van der Waals surface area (Å²) in [5.74, 6) is -0.423. The summed E-state index contributed by atoms with van der Waals surface area (Å²) in [4.78, 5) is 35.3. The highest BCUT2D eigenvalue weighted by Gasteiger charge is 2.30. The van der Waals surface area contributed by atoms with Crippen LogP contribution in [0.15, 0.2) is 48.5 Å². The van der Waals surface area contributed by atoms with Gasteiger partial charge in [-0.3, -0.25) is 19.7 Å². The monoisotopic (exact) mass is 396 g/mol. The lowest BCUT2D eigenvalue weighted by atomic mass is 10.1. The number of benzene rings is 2. The van der Waals surface area contributed by atoms with Gasteiger partial charge >= 0.3 is 0 Å². The summed E-state index contributed by atoms with van der Waals surface area (Å²) in [7, 11) is 1.60. The van der Waals surface area contributed by atoms with Crippen molar-refractivity contribution in [1.29, 1.82) is 0 Å². The van der Waals surface area contributed by atoms with Gasteiger partial charge in [0.1, 0.15) is 5.69 Å². The second-order valence-corrected chi connectivity index (χ2v) is 7.12. The molecule has 1 aliphatic rings. The summed E-state index contributed by atoms with van der Waals surface area (Å²) in [5.41, 5.74) is 1.51. The van der Waals surface area contributed by atoms with Gasteiger partial charge in [-0.1, -0.05) is 30.3 Å². The van der Waals surface area contributed by atoms with E-state index < -0.39 is 4.92 Å². The van der Waals surface area contributed by atoms with Gasteiger partial charge in [0, 0.05) is 37.2 Å². The Labute approximate surface area is 168 Å². The minimum atomic E-state index is -0.473. The van der Waals surface area contributed by atoms with Crippen LogP contribution in [0.5, 0.6) is 0 Å². The molecule has 0 heterocycles. The number of carbonyl (C=O) groups is 2. The van der Waals surface area contributed by atoms with Gasteiger partial charge in [-0.15, -0.1) is 0 Å². The first-order chi connectivity index (χ1) is 14.0. The molecule has 1 fully saturated rings. The smallest absolute Gasteiger partial charge is 0.292 e. The van der Waals surface area contributed by atoms with E-state index in [1.165, 1.54) is 18.2 Å². The van der Waals surface area contributed by atoms with Crippen molar-refractivity contribution < 1.29 is 14.5 Å². The van der Waals surface area contributed by atoms with Crippen LogP contribution in [-0.2, 0) is 11.3 Å². The molecule has 29 heavy (non-hydrogen) atoms. The molecule has 0 aromatic heterocycles. The Bertz CT molecular complexity index is 901. The van der Waals surface area contributed by atoms with Crippen molar-refractivity contribution in [2.24, 2.45) is 5.92 Å². The van der Waals surface area contributed by atoms with Crippen LogP contribution in [0.1, 0.15) is 35.2 Å². The van der Waals surface area contributed by atoms with Crippen LogP contribution in [0.3, 0.4) is 0 Å². The Morgan fingerprint density at radius 3 is 2.59 bits per heavy atom. The lowest BCUT2D eigenvalue weighted by Crippen LogP contribution is -2.27. The highest BCUT2D eigenvalue weighted by Crippen LogP contribution is 2.32. The number of anilines is 1. The molecule has 0 bridgehead atoms. The molecule has 3 rings (SSSR count). The van der Waals surface area contributed by atoms with E-state index in [-0.39, 0.29) is 29.5 Å².